The van der Waals surface area contributed by atoms with Gasteiger partial charge in [-0.3, -0.25) is 14.5 Å². The van der Waals surface area contributed by atoms with Gasteiger partial charge in [-0.25, -0.2) is 0 Å². The number of nitrogens with one attached hydrogen (secondary N) is 1. The Morgan fingerprint density at radius 3 is 2.45 bits per heavy atom. The number of amides is 1. The van der Waals surface area contributed by atoms with Crippen molar-refractivity contribution in [1.82, 2.24) is 10.2 Å². The molecule has 2 aromatic carbocycles. The number of hydrogen-bond donors (Lipinski definition) is 1. The van der Waals surface area contributed by atoms with Gasteiger partial charge in [0.2, 0.25) is 0 Å². The van der Waals surface area contributed by atoms with Crippen LogP contribution in [0, 0.1) is 13.8 Å². The van der Waals surface area contributed by atoms with Gasteiger partial charge in [-0.05, 0) is 42.7 Å². The molecule has 3 aromatic rings. The molecule has 1 aliphatic rings. The van der Waals surface area contributed by atoms with Crippen LogP contribution in [0.25, 0.3) is 11.0 Å². The van der Waals surface area contributed by atoms with Crippen LogP contribution < -0.4 is 10.7 Å². The number of benzene rings is 2. The van der Waals surface area contributed by atoms with E-state index in [1.165, 1.54) is 6.07 Å². The third-order valence-corrected chi connectivity index (χ3v) is 5.69. The van der Waals surface area contributed by atoms with E-state index in [0.29, 0.717) is 30.7 Å². The molecule has 0 spiro atoms. The lowest BCUT2D eigenvalue weighted by Crippen LogP contribution is -2.43. The molecule has 164 valence electrons. The molecule has 2 heterocycles. The zero-order chi connectivity index (χ0) is 21.1. The van der Waals surface area contributed by atoms with E-state index in [0.717, 1.165) is 29.8 Å². The Bertz CT molecular complexity index is 1110. The Balaban J connectivity index is 0.00000272. The molecule has 1 fully saturated rings. The topological polar surface area (TPSA) is 71.8 Å². The van der Waals surface area contributed by atoms with Crippen molar-refractivity contribution in [2.75, 3.05) is 32.8 Å². The summed E-state index contributed by atoms with van der Waals surface area (Å²) in [6.07, 6.45) is 0. The predicted octanol–water partition coefficient (Wildman–Crippen LogP) is 3.63. The van der Waals surface area contributed by atoms with E-state index in [1.807, 2.05) is 44.2 Å². The highest BCUT2D eigenvalue weighted by Gasteiger charge is 2.24. The van der Waals surface area contributed by atoms with Crippen LogP contribution >= 0.6 is 12.4 Å². The summed E-state index contributed by atoms with van der Waals surface area (Å²) < 4.78 is 11.3. The van der Waals surface area contributed by atoms with E-state index in [9.17, 15) is 9.59 Å². The van der Waals surface area contributed by atoms with Crippen LogP contribution in [0.5, 0.6) is 0 Å². The van der Waals surface area contributed by atoms with Gasteiger partial charge in [0.05, 0.1) is 24.6 Å². The molecule has 1 unspecified atom stereocenters. The molecule has 4 rings (SSSR count). The van der Waals surface area contributed by atoms with Gasteiger partial charge in [0.25, 0.3) is 5.91 Å². The summed E-state index contributed by atoms with van der Waals surface area (Å²) >= 11 is 0. The Morgan fingerprint density at radius 1 is 1.06 bits per heavy atom. The molecule has 1 aromatic heterocycles. The van der Waals surface area contributed by atoms with Crippen molar-refractivity contribution >= 4 is 29.3 Å². The van der Waals surface area contributed by atoms with Crippen molar-refractivity contribution in [3.8, 4) is 0 Å². The van der Waals surface area contributed by atoms with Gasteiger partial charge >= 0.3 is 0 Å². The zero-order valence-corrected chi connectivity index (χ0v) is 18.5. The molecule has 0 bridgehead atoms. The first-order chi connectivity index (χ1) is 14.5. The highest BCUT2D eigenvalue weighted by Crippen LogP contribution is 2.22. The minimum atomic E-state index is -0.388. The number of carbonyl (C=O) groups is 1. The molecule has 1 N–H and O–H groups in total. The van der Waals surface area contributed by atoms with Gasteiger partial charge in [0.15, 0.2) is 11.2 Å². The summed E-state index contributed by atoms with van der Waals surface area (Å²) in [5, 5.41) is 3.45. The maximum atomic E-state index is 12.8. The largest absolute Gasteiger partial charge is 0.451 e. The number of carbonyl (C=O) groups excluding carboxylic acids is 1. The summed E-state index contributed by atoms with van der Waals surface area (Å²) in [7, 11) is 0. The quantitative estimate of drug-likeness (QED) is 0.653. The average Bonchev–Trinajstić information content (AvgIpc) is 2.76. The predicted molar refractivity (Wildman–Crippen MR) is 123 cm³/mol. The third-order valence-electron chi connectivity index (χ3n) is 5.69. The monoisotopic (exact) mass is 442 g/mol. The van der Waals surface area contributed by atoms with Crippen molar-refractivity contribution < 1.29 is 13.9 Å². The molecule has 1 saturated heterocycles. The smallest absolute Gasteiger partial charge is 0.287 e. The molecule has 1 aliphatic heterocycles. The lowest BCUT2D eigenvalue weighted by Gasteiger charge is -2.34. The summed E-state index contributed by atoms with van der Waals surface area (Å²) in [5.74, 6) is -0.356. The van der Waals surface area contributed by atoms with E-state index < -0.39 is 0 Å². The standard InChI is InChI=1S/C24H26N2O4.ClH/c1-16-12-19-21(27)14-23(30-22(19)13-17(16)2)24(28)25-15-20(18-6-4-3-5-7-18)26-8-10-29-11-9-26;/h3-7,12-14,20H,8-11,15H2,1-2H3,(H,25,28);1H. The number of ether oxygens (including phenoxy) is 1. The van der Waals surface area contributed by atoms with Crippen LogP contribution in [-0.2, 0) is 4.74 Å². The second-order valence-corrected chi connectivity index (χ2v) is 7.69. The summed E-state index contributed by atoms with van der Waals surface area (Å²) in [6.45, 7) is 7.28. The van der Waals surface area contributed by atoms with Crippen LogP contribution in [0.1, 0.15) is 33.3 Å². The average molecular weight is 443 g/mol. The van der Waals surface area contributed by atoms with Gasteiger partial charge in [0.1, 0.15) is 5.58 Å². The molecule has 7 heteroatoms. The summed E-state index contributed by atoms with van der Waals surface area (Å²) in [6, 6.07) is 15.0. The first-order valence-corrected chi connectivity index (χ1v) is 10.2. The van der Waals surface area contributed by atoms with Crippen LogP contribution in [0.4, 0.5) is 0 Å². The second kappa shape index (κ2) is 10.1. The number of aryl methyl sites for hydroxylation is 2. The first kappa shape index (κ1) is 23.0. The Kier molecular flexibility index (Phi) is 7.49. The van der Waals surface area contributed by atoms with Gasteiger partial charge in [-0.1, -0.05) is 30.3 Å². The van der Waals surface area contributed by atoms with Crippen molar-refractivity contribution in [2.24, 2.45) is 0 Å². The fourth-order valence-corrected chi connectivity index (χ4v) is 3.82. The Labute approximate surface area is 187 Å². The molecular formula is C24H27ClN2O4. The van der Waals surface area contributed by atoms with E-state index >= 15 is 0 Å². The number of halogens is 1. The normalized spacial score (nSPS) is 15.3. The Morgan fingerprint density at radius 2 is 1.74 bits per heavy atom. The van der Waals surface area contributed by atoms with Crippen molar-refractivity contribution in [2.45, 2.75) is 19.9 Å². The highest BCUT2D eigenvalue weighted by molar-refractivity contribution is 5.93. The molecule has 1 atom stereocenters. The Hall–Kier alpha value is -2.67. The molecule has 1 amide bonds. The van der Waals surface area contributed by atoms with Gasteiger partial charge in [-0.15, -0.1) is 12.4 Å². The fourth-order valence-electron chi connectivity index (χ4n) is 3.82. The minimum absolute atomic E-state index is 0. The molecular weight excluding hydrogens is 416 g/mol. The van der Waals surface area contributed by atoms with E-state index in [2.05, 4.69) is 22.3 Å². The molecule has 0 aliphatic carbocycles. The zero-order valence-electron chi connectivity index (χ0n) is 17.7. The third kappa shape index (κ3) is 5.15. The maximum absolute atomic E-state index is 12.8. The summed E-state index contributed by atoms with van der Waals surface area (Å²) in [5.41, 5.74) is 3.38. The van der Waals surface area contributed by atoms with E-state index in [4.69, 9.17) is 9.15 Å². The minimum Gasteiger partial charge on any atom is -0.451 e. The number of morpholine rings is 1. The van der Waals surface area contributed by atoms with Crippen LogP contribution in [0.15, 0.2) is 57.7 Å². The number of rotatable bonds is 5. The van der Waals surface area contributed by atoms with E-state index in [1.54, 1.807) is 0 Å². The maximum Gasteiger partial charge on any atom is 0.287 e. The summed E-state index contributed by atoms with van der Waals surface area (Å²) in [4.78, 5) is 27.6. The molecule has 0 saturated carbocycles. The SMILES string of the molecule is Cc1cc2oc(C(=O)NCC(c3ccccc3)N3CCOCC3)cc(=O)c2cc1C.Cl. The van der Waals surface area contributed by atoms with E-state index in [-0.39, 0.29) is 35.5 Å². The van der Waals surface area contributed by atoms with Crippen molar-refractivity contribution in [1.29, 1.82) is 0 Å². The van der Waals surface area contributed by atoms with Gasteiger partial charge in [-0.2, -0.15) is 0 Å². The number of fused-ring (bicyclic) bond motifs is 1. The van der Waals surface area contributed by atoms with Crippen molar-refractivity contribution in [3.05, 3.63) is 81.2 Å². The highest BCUT2D eigenvalue weighted by atomic mass is 35.5. The van der Waals surface area contributed by atoms with Crippen LogP contribution in [0.2, 0.25) is 0 Å². The van der Waals surface area contributed by atoms with Gasteiger partial charge < -0.3 is 14.5 Å². The van der Waals surface area contributed by atoms with Crippen molar-refractivity contribution in [3.63, 3.8) is 0 Å². The van der Waals surface area contributed by atoms with Gasteiger partial charge in [0, 0.05) is 25.7 Å². The lowest BCUT2D eigenvalue weighted by atomic mass is 10.0. The fraction of sp³-hybridized carbons (Fsp3) is 0.333. The molecule has 0 radical (unpaired) electrons. The van der Waals surface area contributed by atoms with Crippen LogP contribution in [0.3, 0.4) is 0 Å². The molecule has 6 nitrogen and oxygen atoms in total. The lowest BCUT2D eigenvalue weighted by molar-refractivity contribution is 0.0161. The second-order valence-electron chi connectivity index (χ2n) is 7.69. The molecule has 31 heavy (non-hydrogen) atoms. The number of hydrogen-bond acceptors (Lipinski definition) is 5. The van der Waals surface area contributed by atoms with Crippen LogP contribution in [-0.4, -0.2) is 43.7 Å². The number of nitrogens with zero attached hydrogens (tertiary/aromatic N) is 1. The first-order valence-electron chi connectivity index (χ1n) is 10.2.